The highest BCUT2D eigenvalue weighted by molar-refractivity contribution is 5.97. The number of rotatable bonds is 2. The number of aryl methyl sites for hydroxylation is 1. The Labute approximate surface area is 162 Å². The molecule has 0 atom stereocenters. The topological polar surface area (TPSA) is 29.5 Å². The lowest BCUT2D eigenvalue weighted by atomic mass is 9.75. The van der Waals surface area contributed by atoms with Gasteiger partial charge in [-0.15, -0.1) is 0 Å². The number of carbonyl (C=O) groups excluding carboxylic acids is 1. The van der Waals surface area contributed by atoms with Gasteiger partial charge >= 0.3 is 6.18 Å². The fourth-order valence-electron chi connectivity index (χ4n) is 4.27. The SMILES string of the molecule is Cc1ccc(-c2ccc3c(c2)C2(CCOCC2)CN3C(=O)CC(F)(F)F)cc1. The zero-order valence-corrected chi connectivity index (χ0v) is 15.7. The van der Waals surface area contributed by atoms with E-state index in [-0.39, 0.29) is 12.0 Å². The van der Waals surface area contributed by atoms with Gasteiger partial charge in [0.2, 0.25) is 5.91 Å². The summed E-state index contributed by atoms with van der Waals surface area (Å²) in [5.74, 6) is -0.889. The Morgan fingerprint density at radius 1 is 1.07 bits per heavy atom. The van der Waals surface area contributed by atoms with Gasteiger partial charge in [-0.2, -0.15) is 13.2 Å². The molecule has 1 spiro atoms. The zero-order valence-electron chi connectivity index (χ0n) is 15.7. The van der Waals surface area contributed by atoms with Crippen LogP contribution < -0.4 is 4.90 Å². The summed E-state index contributed by atoms with van der Waals surface area (Å²) in [6.07, 6.45) is -4.54. The average Bonchev–Trinajstić information content (AvgIpc) is 2.95. The molecule has 6 heteroatoms. The highest BCUT2D eigenvalue weighted by Crippen LogP contribution is 2.48. The molecule has 2 heterocycles. The molecular formula is C22H22F3NO2. The van der Waals surface area contributed by atoms with E-state index in [9.17, 15) is 18.0 Å². The number of alkyl halides is 3. The van der Waals surface area contributed by atoms with Gasteiger partial charge in [-0.1, -0.05) is 35.9 Å². The Balaban J connectivity index is 1.75. The molecule has 0 aliphatic carbocycles. The van der Waals surface area contributed by atoms with E-state index in [1.165, 1.54) is 4.90 Å². The molecule has 2 aromatic carbocycles. The summed E-state index contributed by atoms with van der Waals surface area (Å²) >= 11 is 0. The lowest BCUT2D eigenvalue weighted by Crippen LogP contribution is -2.41. The van der Waals surface area contributed by atoms with Gasteiger partial charge in [0, 0.05) is 30.9 Å². The van der Waals surface area contributed by atoms with Gasteiger partial charge in [-0.05, 0) is 48.6 Å². The summed E-state index contributed by atoms with van der Waals surface area (Å²) in [6.45, 7) is 3.41. The second-order valence-electron chi connectivity index (χ2n) is 7.76. The normalized spacial score (nSPS) is 18.4. The van der Waals surface area contributed by atoms with Gasteiger partial charge < -0.3 is 9.64 Å². The Bertz CT molecular complexity index is 884. The van der Waals surface area contributed by atoms with Crippen molar-refractivity contribution in [1.82, 2.24) is 0 Å². The van der Waals surface area contributed by atoms with E-state index >= 15 is 0 Å². The Morgan fingerprint density at radius 3 is 2.36 bits per heavy atom. The Hall–Kier alpha value is -2.34. The number of amides is 1. The molecule has 1 fully saturated rings. The first-order chi connectivity index (χ1) is 13.3. The minimum absolute atomic E-state index is 0.290. The molecule has 1 saturated heterocycles. The van der Waals surface area contributed by atoms with E-state index < -0.39 is 18.5 Å². The molecule has 2 aliphatic heterocycles. The number of fused-ring (bicyclic) bond motifs is 2. The second kappa shape index (κ2) is 6.92. The van der Waals surface area contributed by atoms with Crippen LogP contribution in [0, 0.1) is 6.92 Å². The van der Waals surface area contributed by atoms with E-state index in [1.54, 1.807) is 6.07 Å². The van der Waals surface area contributed by atoms with E-state index in [0.29, 0.717) is 31.7 Å². The molecule has 0 saturated carbocycles. The highest BCUT2D eigenvalue weighted by atomic mass is 19.4. The van der Waals surface area contributed by atoms with Gasteiger partial charge in [-0.3, -0.25) is 4.79 Å². The average molecular weight is 389 g/mol. The maximum absolute atomic E-state index is 12.8. The first kappa shape index (κ1) is 19.0. The van der Waals surface area contributed by atoms with E-state index in [0.717, 1.165) is 22.3 Å². The van der Waals surface area contributed by atoms with Crippen LogP contribution in [0.2, 0.25) is 0 Å². The number of anilines is 1. The summed E-state index contributed by atoms with van der Waals surface area (Å²) in [6, 6.07) is 13.9. The monoisotopic (exact) mass is 389 g/mol. The smallest absolute Gasteiger partial charge is 0.381 e. The van der Waals surface area contributed by atoms with Crippen molar-refractivity contribution in [2.75, 3.05) is 24.7 Å². The molecule has 0 bridgehead atoms. The van der Waals surface area contributed by atoms with Gasteiger partial charge in [0.15, 0.2) is 0 Å². The molecule has 4 rings (SSSR count). The molecule has 2 aliphatic rings. The molecule has 0 aromatic heterocycles. The van der Waals surface area contributed by atoms with E-state index in [4.69, 9.17) is 4.74 Å². The molecular weight excluding hydrogens is 367 g/mol. The maximum atomic E-state index is 12.8. The first-order valence-electron chi connectivity index (χ1n) is 9.44. The molecule has 1 amide bonds. The summed E-state index contributed by atoms with van der Waals surface area (Å²) in [4.78, 5) is 13.7. The number of hydrogen-bond donors (Lipinski definition) is 0. The van der Waals surface area contributed by atoms with Crippen LogP contribution >= 0.6 is 0 Å². The van der Waals surface area contributed by atoms with E-state index in [2.05, 4.69) is 0 Å². The standard InChI is InChI=1S/C22H22F3NO2/c1-15-2-4-16(5-3-15)17-6-7-19-18(12-17)21(8-10-28-11-9-21)14-26(19)20(27)13-22(23,24)25/h2-7,12H,8-11,13-14H2,1H3. The van der Waals surface area contributed by atoms with Crippen molar-refractivity contribution in [1.29, 1.82) is 0 Å². The number of halogens is 3. The lowest BCUT2D eigenvalue weighted by Gasteiger charge is -2.34. The number of nitrogens with zero attached hydrogens (tertiary/aromatic N) is 1. The van der Waals surface area contributed by atoms with E-state index in [1.807, 2.05) is 43.3 Å². The molecule has 148 valence electrons. The van der Waals surface area contributed by atoms with Gasteiger partial charge in [-0.25, -0.2) is 0 Å². The predicted molar refractivity (Wildman–Crippen MR) is 101 cm³/mol. The summed E-state index contributed by atoms with van der Waals surface area (Å²) in [5, 5.41) is 0. The van der Waals surface area contributed by atoms with Crippen molar-refractivity contribution < 1.29 is 22.7 Å². The van der Waals surface area contributed by atoms with Crippen LogP contribution in [0.3, 0.4) is 0 Å². The Kier molecular flexibility index (Phi) is 4.70. The molecule has 2 aromatic rings. The maximum Gasteiger partial charge on any atom is 0.397 e. The molecule has 0 N–H and O–H groups in total. The largest absolute Gasteiger partial charge is 0.397 e. The van der Waals surface area contributed by atoms with Crippen molar-refractivity contribution in [3.8, 4) is 11.1 Å². The fraction of sp³-hybridized carbons (Fsp3) is 0.409. The lowest BCUT2D eigenvalue weighted by molar-refractivity contribution is -0.152. The number of ether oxygens (including phenoxy) is 1. The van der Waals surface area contributed by atoms with Gasteiger partial charge in [0.25, 0.3) is 0 Å². The second-order valence-corrected chi connectivity index (χ2v) is 7.76. The zero-order chi connectivity index (χ0) is 19.9. The van der Waals surface area contributed by atoms with Crippen LogP contribution in [-0.4, -0.2) is 31.8 Å². The third-order valence-corrected chi connectivity index (χ3v) is 5.81. The summed E-state index contributed by atoms with van der Waals surface area (Å²) in [5.41, 5.74) is 4.45. The van der Waals surface area contributed by atoms with Crippen LogP contribution in [0.25, 0.3) is 11.1 Å². The van der Waals surface area contributed by atoms with Crippen molar-refractivity contribution in [2.24, 2.45) is 0 Å². The van der Waals surface area contributed by atoms with Crippen LogP contribution in [0.15, 0.2) is 42.5 Å². The fourth-order valence-corrected chi connectivity index (χ4v) is 4.27. The minimum atomic E-state index is -4.51. The Morgan fingerprint density at radius 2 is 1.71 bits per heavy atom. The van der Waals surface area contributed by atoms with Crippen LogP contribution in [0.5, 0.6) is 0 Å². The number of benzene rings is 2. The van der Waals surface area contributed by atoms with Crippen LogP contribution in [0.4, 0.5) is 18.9 Å². The van der Waals surface area contributed by atoms with Gasteiger partial charge in [0.1, 0.15) is 6.42 Å². The molecule has 0 radical (unpaired) electrons. The van der Waals surface area contributed by atoms with Crippen molar-refractivity contribution in [2.45, 2.75) is 37.8 Å². The summed E-state index contributed by atoms with van der Waals surface area (Å²) in [7, 11) is 0. The predicted octanol–water partition coefficient (Wildman–Crippen LogP) is 5.01. The van der Waals surface area contributed by atoms with Gasteiger partial charge in [0.05, 0.1) is 0 Å². The first-order valence-corrected chi connectivity index (χ1v) is 9.44. The molecule has 28 heavy (non-hydrogen) atoms. The van der Waals surface area contributed by atoms with Crippen molar-refractivity contribution >= 4 is 11.6 Å². The van der Waals surface area contributed by atoms with Crippen LogP contribution in [-0.2, 0) is 14.9 Å². The van der Waals surface area contributed by atoms with Crippen molar-refractivity contribution in [3.63, 3.8) is 0 Å². The molecule has 3 nitrogen and oxygen atoms in total. The third-order valence-electron chi connectivity index (χ3n) is 5.81. The number of hydrogen-bond acceptors (Lipinski definition) is 2. The quantitative estimate of drug-likeness (QED) is 0.723. The summed E-state index contributed by atoms with van der Waals surface area (Å²) < 4.78 is 44.0. The minimum Gasteiger partial charge on any atom is -0.381 e. The highest BCUT2D eigenvalue weighted by Gasteiger charge is 2.47. The third kappa shape index (κ3) is 3.53. The molecule has 0 unspecified atom stereocenters. The van der Waals surface area contributed by atoms with Crippen LogP contribution in [0.1, 0.15) is 30.4 Å². The number of carbonyl (C=O) groups is 1. The van der Waals surface area contributed by atoms with Crippen molar-refractivity contribution in [3.05, 3.63) is 53.6 Å².